The molecular weight excluding hydrogens is 328 g/mol. The number of hydrogen-bond donors (Lipinski definition) is 1. The van der Waals surface area contributed by atoms with Crippen LogP contribution in [0.1, 0.15) is 5.56 Å². The molecule has 2 rings (SSSR count). The second kappa shape index (κ2) is 5.96. The lowest BCUT2D eigenvalue weighted by molar-refractivity contribution is 0.415. The van der Waals surface area contributed by atoms with Gasteiger partial charge in [0.2, 0.25) is 0 Å². The molecule has 0 bridgehead atoms. The highest BCUT2D eigenvalue weighted by Gasteiger charge is 2.05. The molecule has 0 aromatic heterocycles. The lowest BCUT2D eigenvalue weighted by Gasteiger charge is -2.10. The molecule has 0 saturated heterocycles. The minimum atomic E-state index is 0.517. The monoisotopic (exact) mass is 336 g/mol. The van der Waals surface area contributed by atoms with Gasteiger partial charge in [-0.15, -0.1) is 0 Å². The minimum absolute atomic E-state index is 0.517. The molecule has 2 aromatic rings. The standard InChI is InChI=1S/C14H10BrClN2O/c1-19-14-5-3-11(7-12(14)16)18-13-4-2-10(15)6-9(13)8-17/h2-7,18H,1H3. The average Bonchev–Trinajstić information content (AvgIpc) is 2.41. The topological polar surface area (TPSA) is 45.0 Å². The summed E-state index contributed by atoms with van der Waals surface area (Å²) in [5.74, 6) is 0.614. The molecule has 0 aliphatic rings. The quantitative estimate of drug-likeness (QED) is 0.881. The van der Waals surface area contributed by atoms with Gasteiger partial charge >= 0.3 is 0 Å². The fourth-order valence-electron chi connectivity index (χ4n) is 1.62. The van der Waals surface area contributed by atoms with Crippen LogP contribution in [0, 0.1) is 11.3 Å². The molecular formula is C14H10BrClN2O. The second-order valence-electron chi connectivity index (χ2n) is 3.78. The Kier molecular flexibility index (Phi) is 4.31. The van der Waals surface area contributed by atoms with E-state index in [2.05, 4.69) is 27.3 Å². The van der Waals surface area contributed by atoms with E-state index in [-0.39, 0.29) is 0 Å². The number of nitriles is 1. The van der Waals surface area contributed by atoms with Crippen LogP contribution in [-0.4, -0.2) is 7.11 Å². The number of nitrogens with one attached hydrogen (secondary N) is 1. The third-order valence-electron chi connectivity index (χ3n) is 2.53. The van der Waals surface area contributed by atoms with Crippen LogP contribution in [0.5, 0.6) is 5.75 Å². The van der Waals surface area contributed by atoms with Crippen LogP contribution in [0.4, 0.5) is 11.4 Å². The van der Waals surface area contributed by atoms with E-state index in [0.29, 0.717) is 16.3 Å². The van der Waals surface area contributed by atoms with Gasteiger partial charge in [-0.2, -0.15) is 5.26 Å². The molecule has 0 saturated carbocycles. The van der Waals surface area contributed by atoms with Gasteiger partial charge in [0.25, 0.3) is 0 Å². The van der Waals surface area contributed by atoms with Crippen LogP contribution >= 0.6 is 27.5 Å². The Morgan fingerprint density at radius 1 is 1.26 bits per heavy atom. The molecule has 0 unspecified atom stereocenters. The van der Waals surface area contributed by atoms with Crippen LogP contribution in [0.15, 0.2) is 40.9 Å². The van der Waals surface area contributed by atoms with Crippen molar-refractivity contribution in [1.82, 2.24) is 0 Å². The first-order valence-corrected chi connectivity index (χ1v) is 6.61. The third kappa shape index (κ3) is 3.19. The van der Waals surface area contributed by atoms with E-state index in [1.165, 1.54) is 0 Å². The Morgan fingerprint density at radius 3 is 2.68 bits per heavy atom. The van der Waals surface area contributed by atoms with Crippen molar-refractivity contribution < 1.29 is 4.74 Å². The number of methoxy groups -OCH3 is 1. The smallest absolute Gasteiger partial charge is 0.137 e. The molecule has 19 heavy (non-hydrogen) atoms. The van der Waals surface area contributed by atoms with Crippen molar-refractivity contribution >= 4 is 38.9 Å². The molecule has 0 atom stereocenters. The zero-order valence-electron chi connectivity index (χ0n) is 10.1. The van der Waals surface area contributed by atoms with E-state index in [0.717, 1.165) is 15.8 Å². The molecule has 0 heterocycles. The summed E-state index contributed by atoms with van der Waals surface area (Å²) in [4.78, 5) is 0. The summed E-state index contributed by atoms with van der Waals surface area (Å²) in [6, 6.07) is 13.0. The van der Waals surface area contributed by atoms with Gasteiger partial charge in [-0.1, -0.05) is 27.5 Å². The van der Waals surface area contributed by atoms with E-state index < -0.39 is 0 Å². The van der Waals surface area contributed by atoms with Crippen molar-refractivity contribution in [3.8, 4) is 11.8 Å². The summed E-state index contributed by atoms with van der Waals surface area (Å²) < 4.78 is 5.96. The minimum Gasteiger partial charge on any atom is -0.495 e. The van der Waals surface area contributed by atoms with Crippen molar-refractivity contribution in [2.75, 3.05) is 12.4 Å². The maximum atomic E-state index is 9.10. The van der Waals surface area contributed by atoms with Gasteiger partial charge in [-0.3, -0.25) is 0 Å². The van der Waals surface area contributed by atoms with E-state index >= 15 is 0 Å². The molecule has 0 radical (unpaired) electrons. The van der Waals surface area contributed by atoms with Gasteiger partial charge in [0.1, 0.15) is 11.8 Å². The molecule has 3 nitrogen and oxygen atoms in total. The number of nitrogens with zero attached hydrogens (tertiary/aromatic N) is 1. The summed E-state index contributed by atoms with van der Waals surface area (Å²) in [5.41, 5.74) is 2.08. The molecule has 0 spiro atoms. The number of hydrogen-bond acceptors (Lipinski definition) is 3. The zero-order valence-corrected chi connectivity index (χ0v) is 12.4. The number of anilines is 2. The number of halogens is 2. The largest absolute Gasteiger partial charge is 0.495 e. The summed E-state index contributed by atoms with van der Waals surface area (Å²) >= 11 is 9.39. The molecule has 2 aromatic carbocycles. The fraction of sp³-hybridized carbons (Fsp3) is 0.0714. The van der Waals surface area contributed by atoms with E-state index in [4.69, 9.17) is 21.6 Å². The van der Waals surface area contributed by atoms with Crippen LogP contribution in [0.3, 0.4) is 0 Å². The van der Waals surface area contributed by atoms with Crippen molar-refractivity contribution in [2.45, 2.75) is 0 Å². The lowest BCUT2D eigenvalue weighted by atomic mass is 10.2. The maximum Gasteiger partial charge on any atom is 0.137 e. The molecule has 5 heteroatoms. The van der Waals surface area contributed by atoms with Gasteiger partial charge in [-0.25, -0.2) is 0 Å². The van der Waals surface area contributed by atoms with Crippen LogP contribution in [-0.2, 0) is 0 Å². The Morgan fingerprint density at radius 2 is 2.05 bits per heavy atom. The first-order chi connectivity index (χ1) is 9.13. The van der Waals surface area contributed by atoms with Crippen molar-refractivity contribution in [3.63, 3.8) is 0 Å². The normalized spacial score (nSPS) is 9.79. The van der Waals surface area contributed by atoms with Crippen molar-refractivity contribution in [2.24, 2.45) is 0 Å². The maximum absolute atomic E-state index is 9.10. The second-order valence-corrected chi connectivity index (χ2v) is 5.10. The predicted octanol–water partition coefficient (Wildman–Crippen LogP) is 4.73. The van der Waals surface area contributed by atoms with Gasteiger partial charge in [0.15, 0.2) is 0 Å². The molecule has 0 amide bonds. The molecule has 1 N–H and O–H groups in total. The Hall–Kier alpha value is -1.70. The SMILES string of the molecule is COc1ccc(Nc2ccc(Br)cc2C#N)cc1Cl. The van der Waals surface area contributed by atoms with Crippen molar-refractivity contribution in [1.29, 1.82) is 5.26 Å². The van der Waals surface area contributed by atoms with E-state index in [1.807, 2.05) is 18.2 Å². The number of ether oxygens (including phenoxy) is 1. The van der Waals surface area contributed by atoms with E-state index in [1.54, 1.807) is 25.3 Å². The summed E-state index contributed by atoms with van der Waals surface area (Å²) in [6.45, 7) is 0. The Bertz CT molecular complexity index is 652. The average molecular weight is 338 g/mol. The Labute approximate surface area is 124 Å². The van der Waals surface area contributed by atoms with Gasteiger partial charge in [0, 0.05) is 10.2 Å². The molecule has 0 aliphatic heterocycles. The first-order valence-electron chi connectivity index (χ1n) is 5.44. The molecule has 96 valence electrons. The number of rotatable bonds is 3. The summed E-state index contributed by atoms with van der Waals surface area (Å²) in [6.07, 6.45) is 0. The predicted molar refractivity (Wildman–Crippen MR) is 80.1 cm³/mol. The first kappa shape index (κ1) is 13.7. The van der Waals surface area contributed by atoms with Gasteiger partial charge < -0.3 is 10.1 Å². The van der Waals surface area contributed by atoms with Crippen LogP contribution < -0.4 is 10.1 Å². The summed E-state index contributed by atoms with van der Waals surface area (Å²) in [5, 5.41) is 12.8. The van der Waals surface area contributed by atoms with Crippen LogP contribution in [0.25, 0.3) is 0 Å². The van der Waals surface area contributed by atoms with E-state index in [9.17, 15) is 0 Å². The highest BCUT2D eigenvalue weighted by atomic mass is 79.9. The van der Waals surface area contributed by atoms with Crippen LogP contribution in [0.2, 0.25) is 5.02 Å². The Balaban J connectivity index is 2.31. The molecule has 0 aliphatic carbocycles. The highest BCUT2D eigenvalue weighted by Crippen LogP contribution is 2.30. The number of benzene rings is 2. The van der Waals surface area contributed by atoms with Gasteiger partial charge in [-0.05, 0) is 36.4 Å². The fourth-order valence-corrected chi connectivity index (χ4v) is 2.24. The van der Waals surface area contributed by atoms with Crippen molar-refractivity contribution in [3.05, 3.63) is 51.5 Å². The highest BCUT2D eigenvalue weighted by molar-refractivity contribution is 9.10. The lowest BCUT2D eigenvalue weighted by Crippen LogP contribution is -1.94. The third-order valence-corrected chi connectivity index (χ3v) is 3.32. The molecule has 0 fully saturated rings. The van der Waals surface area contributed by atoms with Gasteiger partial charge in [0.05, 0.1) is 23.4 Å². The zero-order chi connectivity index (χ0) is 13.8. The summed E-state index contributed by atoms with van der Waals surface area (Å²) in [7, 11) is 1.57.